The average molecular weight is 263 g/mol. The van der Waals surface area contributed by atoms with Gasteiger partial charge in [0.05, 0.1) is 6.42 Å². The average Bonchev–Trinajstić information content (AvgIpc) is 2.50. The van der Waals surface area contributed by atoms with Crippen LogP contribution in [-0.2, 0) is 0 Å². The smallest absolute Gasteiger partial charge is 0.178 e. The van der Waals surface area contributed by atoms with Crippen LogP contribution >= 0.6 is 0 Å². The van der Waals surface area contributed by atoms with Gasteiger partial charge in [-0.3, -0.25) is 0 Å². The van der Waals surface area contributed by atoms with E-state index in [9.17, 15) is 0 Å². The molecule has 0 atom stereocenters. The Morgan fingerprint density at radius 3 is 1.95 bits per heavy atom. The van der Waals surface area contributed by atoms with Gasteiger partial charge >= 0.3 is 0 Å². The zero-order valence-corrected chi connectivity index (χ0v) is 11.0. The Kier molecular flexibility index (Phi) is 3.83. The molecule has 1 aliphatic rings. The van der Waals surface area contributed by atoms with Gasteiger partial charge in [-0.2, -0.15) is 0 Å². The lowest BCUT2D eigenvalue weighted by Crippen LogP contribution is -2.10. The Balaban J connectivity index is 1.62. The maximum absolute atomic E-state index is 5.83. The van der Waals surface area contributed by atoms with Crippen LogP contribution in [0, 0.1) is 6.10 Å². The number of para-hydroxylation sites is 2. The van der Waals surface area contributed by atoms with E-state index in [1.165, 1.54) is 0 Å². The van der Waals surface area contributed by atoms with Crippen molar-refractivity contribution < 1.29 is 9.47 Å². The molecule has 2 aromatic carbocycles. The standard InChI is InChI=1S/C18H15O2/c1-3-8-15(9-4-1)19-17-12-7-13-18(14-17)20-16-10-5-2-6-11-16/h1-13H,14H2. The Hall–Kier alpha value is -2.48. The maximum Gasteiger partial charge on any atom is 0.178 e. The molecular formula is C18H15O2. The van der Waals surface area contributed by atoms with Crippen LogP contribution in [0.5, 0.6) is 11.5 Å². The van der Waals surface area contributed by atoms with Crippen molar-refractivity contribution in [3.63, 3.8) is 0 Å². The van der Waals surface area contributed by atoms with Crippen LogP contribution < -0.4 is 9.47 Å². The molecule has 0 spiro atoms. The van der Waals surface area contributed by atoms with Gasteiger partial charge in [-0.05, 0) is 36.4 Å². The number of ether oxygens (including phenoxy) is 2. The van der Waals surface area contributed by atoms with Gasteiger partial charge in [0.15, 0.2) is 6.10 Å². The summed E-state index contributed by atoms with van der Waals surface area (Å²) < 4.78 is 11.7. The van der Waals surface area contributed by atoms with Gasteiger partial charge < -0.3 is 9.47 Å². The number of hydrogen-bond acceptors (Lipinski definition) is 2. The lowest BCUT2D eigenvalue weighted by Gasteiger charge is -2.19. The van der Waals surface area contributed by atoms with Gasteiger partial charge in [0.2, 0.25) is 0 Å². The molecule has 0 saturated carbocycles. The van der Waals surface area contributed by atoms with Gasteiger partial charge in [-0.1, -0.05) is 42.5 Å². The normalized spacial score (nSPS) is 14.7. The first-order valence-electron chi connectivity index (χ1n) is 6.59. The molecule has 2 nitrogen and oxygen atoms in total. The molecule has 99 valence electrons. The number of hydrogen-bond donors (Lipinski definition) is 0. The van der Waals surface area contributed by atoms with E-state index in [-0.39, 0.29) is 0 Å². The molecular weight excluding hydrogens is 248 g/mol. The third kappa shape index (κ3) is 3.29. The van der Waals surface area contributed by atoms with Crippen molar-refractivity contribution in [3.05, 3.63) is 90.8 Å². The van der Waals surface area contributed by atoms with Crippen LogP contribution in [0.1, 0.15) is 6.42 Å². The molecule has 1 radical (unpaired) electrons. The third-order valence-corrected chi connectivity index (χ3v) is 2.90. The summed E-state index contributed by atoms with van der Waals surface area (Å²) in [6, 6.07) is 19.5. The molecule has 0 aromatic heterocycles. The summed E-state index contributed by atoms with van der Waals surface area (Å²) in [5, 5.41) is 0. The van der Waals surface area contributed by atoms with Gasteiger partial charge in [-0.15, -0.1) is 0 Å². The summed E-state index contributed by atoms with van der Waals surface area (Å²) in [7, 11) is 0. The second-order valence-corrected chi connectivity index (χ2v) is 4.47. The van der Waals surface area contributed by atoms with Crippen LogP contribution in [0.3, 0.4) is 0 Å². The van der Waals surface area contributed by atoms with E-state index in [4.69, 9.17) is 9.47 Å². The number of benzene rings is 2. The van der Waals surface area contributed by atoms with Gasteiger partial charge in [-0.25, -0.2) is 0 Å². The zero-order valence-electron chi connectivity index (χ0n) is 11.0. The summed E-state index contributed by atoms with van der Waals surface area (Å²) in [6.45, 7) is 0. The number of allylic oxidation sites excluding steroid dienone is 2. The van der Waals surface area contributed by atoms with Crippen LogP contribution in [0.15, 0.2) is 84.7 Å². The Bertz CT molecular complexity index is 600. The van der Waals surface area contributed by atoms with Crippen LogP contribution in [0.2, 0.25) is 0 Å². The van der Waals surface area contributed by atoms with Crippen molar-refractivity contribution in [3.8, 4) is 11.5 Å². The number of rotatable bonds is 4. The van der Waals surface area contributed by atoms with Crippen molar-refractivity contribution in [2.24, 2.45) is 0 Å². The second-order valence-electron chi connectivity index (χ2n) is 4.47. The molecule has 2 heteroatoms. The highest BCUT2D eigenvalue weighted by atomic mass is 16.5. The lowest BCUT2D eigenvalue weighted by molar-refractivity contribution is 0.313. The van der Waals surface area contributed by atoms with Gasteiger partial charge in [0.25, 0.3) is 0 Å². The monoisotopic (exact) mass is 263 g/mol. The molecule has 1 aliphatic carbocycles. The molecule has 0 N–H and O–H groups in total. The molecule has 20 heavy (non-hydrogen) atoms. The molecule has 0 unspecified atom stereocenters. The minimum Gasteiger partial charge on any atom is -0.478 e. The quantitative estimate of drug-likeness (QED) is 0.807. The van der Waals surface area contributed by atoms with E-state index < -0.39 is 0 Å². The first kappa shape index (κ1) is 12.5. The molecule has 3 rings (SSSR count). The summed E-state index contributed by atoms with van der Waals surface area (Å²) in [5.41, 5.74) is 0. The second kappa shape index (κ2) is 6.11. The van der Waals surface area contributed by atoms with Crippen LogP contribution in [0.4, 0.5) is 0 Å². The van der Waals surface area contributed by atoms with E-state index in [0.717, 1.165) is 23.4 Å². The summed E-state index contributed by atoms with van der Waals surface area (Å²) in [4.78, 5) is 0. The minimum absolute atomic E-state index is 0.653. The molecule has 0 amide bonds. The molecule has 0 saturated heterocycles. The topological polar surface area (TPSA) is 18.5 Å². The molecule has 2 aromatic rings. The van der Waals surface area contributed by atoms with E-state index in [1.54, 1.807) is 0 Å². The van der Waals surface area contributed by atoms with E-state index >= 15 is 0 Å². The Labute approximate surface area is 119 Å². The molecule has 0 fully saturated rings. The highest BCUT2D eigenvalue weighted by molar-refractivity contribution is 5.32. The fourth-order valence-electron chi connectivity index (χ4n) is 1.97. The van der Waals surface area contributed by atoms with Crippen molar-refractivity contribution >= 4 is 0 Å². The van der Waals surface area contributed by atoms with Crippen LogP contribution in [0.25, 0.3) is 0 Å². The minimum atomic E-state index is 0.653. The van der Waals surface area contributed by atoms with Gasteiger partial charge in [0.1, 0.15) is 17.3 Å². The van der Waals surface area contributed by atoms with Crippen molar-refractivity contribution in [2.45, 2.75) is 6.42 Å². The maximum atomic E-state index is 5.83. The summed E-state index contributed by atoms with van der Waals surface area (Å²) >= 11 is 0. The fourth-order valence-corrected chi connectivity index (χ4v) is 1.97. The van der Waals surface area contributed by atoms with Crippen molar-refractivity contribution in [2.75, 3.05) is 0 Å². The predicted molar refractivity (Wildman–Crippen MR) is 79.2 cm³/mol. The van der Waals surface area contributed by atoms with E-state index in [2.05, 4.69) is 0 Å². The molecule has 0 aliphatic heterocycles. The Morgan fingerprint density at radius 2 is 1.30 bits per heavy atom. The molecule has 0 bridgehead atoms. The summed E-state index contributed by atoms with van der Waals surface area (Å²) in [6.07, 6.45) is 7.40. The Morgan fingerprint density at radius 1 is 0.700 bits per heavy atom. The van der Waals surface area contributed by atoms with Gasteiger partial charge in [0, 0.05) is 0 Å². The highest BCUT2D eigenvalue weighted by Crippen LogP contribution is 2.26. The third-order valence-electron chi connectivity index (χ3n) is 2.90. The van der Waals surface area contributed by atoms with Crippen LogP contribution in [-0.4, -0.2) is 0 Å². The first-order chi connectivity index (χ1) is 9.90. The van der Waals surface area contributed by atoms with Crippen molar-refractivity contribution in [1.29, 1.82) is 0 Å². The SMILES string of the molecule is C1=C[C](Oc2ccccc2)CC(Oc2ccccc2)=C1. The first-order valence-corrected chi connectivity index (χ1v) is 6.59. The highest BCUT2D eigenvalue weighted by Gasteiger charge is 2.16. The zero-order chi connectivity index (χ0) is 13.6. The predicted octanol–water partition coefficient (Wildman–Crippen LogP) is 4.52. The summed E-state index contributed by atoms with van der Waals surface area (Å²) in [5.74, 6) is 2.56. The molecule has 0 heterocycles. The largest absolute Gasteiger partial charge is 0.478 e. The van der Waals surface area contributed by atoms with Crippen molar-refractivity contribution in [1.82, 2.24) is 0 Å². The van der Waals surface area contributed by atoms with E-state index in [1.807, 2.05) is 78.9 Å². The van der Waals surface area contributed by atoms with E-state index in [0.29, 0.717) is 6.42 Å². The fraction of sp³-hybridized carbons (Fsp3) is 0.0556. The lowest BCUT2D eigenvalue weighted by atomic mass is 10.1.